The van der Waals surface area contributed by atoms with Crippen LogP contribution < -0.4 is 5.32 Å². The molecule has 5 nitrogen and oxygen atoms in total. The number of halogens is 2. The van der Waals surface area contributed by atoms with E-state index in [1.54, 1.807) is 25.3 Å². The summed E-state index contributed by atoms with van der Waals surface area (Å²) < 4.78 is 5.02. The highest BCUT2D eigenvalue weighted by Gasteiger charge is 2.16. The Morgan fingerprint density at radius 2 is 2.00 bits per heavy atom. The number of amides is 1. The molecule has 0 aliphatic rings. The number of methoxy groups -OCH3 is 1. The zero-order valence-corrected chi connectivity index (χ0v) is 13.1. The maximum absolute atomic E-state index is 11.8. The number of carboxylic acids is 1. The molecule has 1 aromatic carbocycles. The van der Waals surface area contributed by atoms with Crippen LogP contribution in [0.25, 0.3) is 0 Å². The molecule has 0 heterocycles. The van der Waals surface area contributed by atoms with E-state index >= 15 is 0 Å². The first-order valence-electron chi connectivity index (χ1n) is 6.39. The number of benzene rings is 1. The number of carbonyl (C=O) groups excluding carboxylic acids is 1. The van der Waals surface area contributed by atoms with Gasteiger partial charge in [0.1, 0.15) is 0 Å². The van der Waals surface area contributed by atoms with Crippen molar-refractivity contribution in [3.8, 4) is 0 Å². The second kappa shape index (κ2) is 8.87. The Labute approximate surface area is 133 Å². The van der Waals surface area contributed by atoms with Gasteiger partial charge in [0, 0.05) is 20.1 Å². The van der Waals surface area contributed by atoms with Crippen LogP contribution >= 0.6 is 23.2 Å². The average Bonchev–Trinajstić information content (AvgIpc) is 2.44. The van der Waals surface area contributed by atoms with Gasteiger partial charge in [0.25, 0.3) is 0 Å². The van der Waals surface area contributed by atoms with Gasteiger partial charge in [0.05, 0.1) is 22.5 Å². The van der Waals surface area contributed by atoms with E-state index in [0.717, 1.165) is 5.56 Å². The molecule has 1 unspecified atom stereocenters. The number of rotatable bonds is 8. The highest BCUT2D eigenvalue weighted by molar-refractivity contribution is 6.42. The molecular weight excluding hydrogens is 317 g/mol. The van der Waals surface area contributed by atoms with Crippen molar-refractivity contribution >= 4 is 35.1 Å². The first-order chi connectivity index (χ1) is 9.93. The maximum atomic E-state index is 11.8. The number of ether oxygens (including phenoxy) is 1. The number of hydrogen-bond donors (Lipinski definition) is 2. The van der Waals surface area contributed by atoms with E-state index in [4.69, 9.17) is 33.0 Å². The summed E-state index contributed by atoms with van der Waals surface area (Å²) in [5.74, 6) is -1.34. The first-order valence-corrected chi connectivity index (χ1v) is 7.14. The number of hydrogen-bond acceptors (Lipinski definition) is 3. The van der Waals surface area contributed by atoms with Gasteiger partial charge in [-0.05, 0) is 24.1 Å². The molecule has 1 aromatic rings. The Morgan fingerprint density at radius 1 is 1.29 bits per heavy atom. The first kappa shape index (κ1) is 17.8. The van der Waals surface area contributed by atoms with Crippen molar-refractivity contribution in [3.63, 3.8) is 0 Å². The molecule has 1 rings (SSSR count). The lowest BCUT2D eigenvalue weighted by Gasteiger charge is -2.19. The summed E-state index contributed by atoms with van der Waals surface area (Å²) in [5.41, 5.74) is 0.796. The van der Waals surface area contributed by atoms with Crippen LogP contribution in [0.1, 0.15) is 30.9 Å². The third-order valence-electron chi connectivity index (χ3n) is 2.86. The molecule has 0 radical (unpaired) electrons. The van der Waals surface area contributed by atoms with Crippen LogP contribution in [-0.4, -0.2) is 30.7 Å². The maximum Gasteiger partial charge on any atom is 0.303 e. The molecule has 7 heteroatoms. The summed E-state index contributed by atoms with van der Waals surface area (Å²) in [7, 11) is 1.57. The van der Waals surface area contributed by atoms with E-state index in [-0.39, 0.29) is 24.8 Å². The number of carbonyl (C=O) groups is 2. The Balaban J connectivity index is 2.76. The highest BCUT2D eigenvalue weighted by Crippen LogP contribution is 2.27. The molecule has 21 heavy (non-hydrogen) atoms. The van der Waals surface area contributed by atoms with Gasteiger partial charge in [-0.25, -0.2) is 0 Å². The Hall–Kier alpha value is -1.30. The van der Waals surface area contributed by atoms with E-state index in [1.165, 1.54) is 0 Å². The van der Waals surface area contributed by atoms with Gasteiger partial charge in [0.2, 0.25) is 5.91 Å². The molecule has 0 saturated heterocycles. The molecule has 0 spiro atoms. The second-order valence-electron chi connectivity index (χ2n) is 4.47. The lowest BCUT2D eigenvalue weighted by atomic mass is 10.0. The van der Waals surface area contributed by atoms with Crippen molar-refractivity contribution in [2.75, 3.05) is 13.7 Å². The molecule has 116 valence electrons. The fraction of sp³-hybridized carbons (Fsp3) is 0.429. The lowest BCUT2D eigenvalue weighted by Crippen LogP contribution is -2.29. The summed E-state index contributed by atoms with van der Waals surface area (Å²) in [5, 5.41) is 12.2. The monoisotopic (exact) mass is 333 g/mol. The van der Waals surface area contributed by atoms with Crippen LogP contribution in [0.15, 0.2) is 18.2 Å². The Bertz CT molecular complexity index is 508. The van der Waals surface area contributed by atoms with Crippen molar-refractivity contribution in [2.24, 2.45) is 0 Å². The second-order valence-corrected chi connectivity index (χ2v) is 5.28. The van der Waals surface area contributed by atoms with Crippen LogP contribution in [0.5, 0.6) is 0 Å². The van der Waals surface area contributed by atoms with Crippen LogP contribution in [0, 0.1) is 0 Å². The zero-order valence-electron chi connectivity index (χ0n) is 11.6. The zero-order chi connectivity index (χ0) is 15.8. The molecule has 0 aromatic heterocycles. The molecule has 1 atom stereocenters. The van der Waals surface area contributed by atoms with Crippen molar-refractivity contribution in [1.29, 1.82) is 0 Å². The van der Waals surface area contributed by atoms with Gasteiger partial charge < -0.3 is 15.2 Å². The summed E-state index contributed by atoms with van der Waals surface area (Å²) in [6.45, 7) is 0.449. The van der Waals surface area contributed by atoms with Gasteiger partial charge in [-0.3, -0.25) is 9.59 Å². The molecule has 0 aliphatic carbocycles. The van der Waals surface area contributed by atoms with E-state index in [9.17, 15) is 9.59 Å². The summed E-state index contributed by atoms with van der Waals surface area (Å²) in [4.78, 5) is 22.3. The summed E-state index contributed by atoms with van der Waals surface area (Å²) in [6, 6.07) is 4.80. The van der Waals surface area contributed by atoms with Crippen molar-refractivity contribution < 1.29 is 19.4 Å². The summed E-state index contributed by atoms with van der Waals surface area (Å²) in [6.07, 6.45) is 0.275. The van der Waals surface area contributed by atoms with Gasteiger partial charge in [0.15, 0.2) is 0 Å². The van der Waals surface area contributed by atoms with Crippen molar-refractivity contribution in [3.05, 3.63) is 33.8 Å². The SMILES string of the molecule is COCCC(NC(=O)CCC(=O)O)c1ccc(Cl)c(Cl)c1. The fourth-order valence-corrected chi connectivity index (χ4v) is 2.08. The van der Waals surface area contributed by atoms with E-state index in [1.807, 2.05) is 0 Å². The number of carboxylic acid groups (broad SMARTS) is 1. The predicted octanol–water partition coefficient (Wildman–Crippen LogP) is 3.05. The fourth-order valence-electron chi connectivity index (χ4n) is 1.77. The van der Waals surface area contributed by atoms with Crippen LogP contribution in [0.4, 0.5) is 0 Å². The molecular formula is C14H17Cl2NO4. The third kappa shape index (κ3) is 6.33. The van der Waals surface area contributed by atoms with Crippen LogP contribution in [0.3, 0.4) is 0 Å². The Morgan fingerprint density at radius 3 is 2.57 bits per heavy atom. The van der Waals surface area contributed by atoms with Crippen molar-refractivity contribution in [2.45, 2.75) is 25.3 Å². The number of aliphatic carboxylic acids is 1. The topological polar surface area (TPSA) is 75.6 Å². The summed E-state index contributed by atoms with van der Waals surface area (Å²) >= 11 is 11.8. The highest BCUT2D eigenvalue weighted by atomic mass is 35.5. The lowest BCUT2D eigenvalue weighted by molar-refractivity contribution is -0.139. The minimum Gasteiger partial charge on any atom is -0.481 e. The van der Waals surface area contributed by atoms with Gasteiger partial charge in [-0.15, -0.1) is 0 Å². The van der Waals surface area contributed by atoms with Gasteiger partial charge in [-0.1, -0.05) is 29.3 Å². The third-order valence-corrected chi connectivity index (χ3v) is 3.60. The largest absolute Gasteiger partial charge is 0.481 e. The molecule has 0 saturated carbocycles. The molecule has 0 fully saturated rings. The Kier molecular flexibility index (Phi) is 7.50. The van der Waals surface area contributed by atoms with E-state index < -0.39 is 5.97 Å². The molecule has 1 amide bonds. The van der Waals surface area contributed by atoms with E-state index in [2.05, 4.69) is 5.32 Å². The normalized spacial score (nSPS) is 12.0. The predicted molar refractivity (Wildman–Crippen MR) is 80.7 cm³/mol. The minimum atomic E-state index is -1.01. The minimum absolute atomic E-state index is 0.0693. The molecule has 2 N–H and O–H groups in total. The van der Waals surface area contributed by atoms with Crippen LogP contribution in [-0.2, 0) is 14.3 Å². The molecule has 0 aliphatic heterocycles. The smallest absolute Gasteiger partial charge is 0.303 e. The van der Waals surface area contributed by atoms with Gasteiger partial charge >= 0.3 is 5.97 Å². The quantitative estimate of drug-likeness (QED) is 0.766. The molecule has 0 bridgehead atoms. The van der Waals surface area contributed by atoms with Crippen LogP contribution in [0.2, 0.25) is 10.0 Å². The van der Waals surface area contributed by atoms with Gasteiger partial charge in [-0.2, -0.15) is 0 Å². The van der Waals surface area contributed by atoms with E-state index in [0.29, 0.717) is 23.1 Å². The average molecular weight is 334 g/mol. The standard InChI is InChI=1S/C14H17Cl2NO4/c1-21-7-6-12(17-13(18)4-5-14(19)20)9-2-3-10(15)11(16)8-9/h2-3,8,12H,4-7H2,1H3,(H,17,18)(H,19,20). The van der Waals surface area contributed by atoms with Crippen molar-refractivity contribution in [1.82, 2.24) is 5.32 Å². The number of nitrogens with one attached hydrogen (secondary N) is 1.